The van der Waals surface area contributed by atoms with Crippen molar-refractivity contribution in [2.24, 2.45) is 5.92 Å². The van der Waals surface area contributed by atoms with Gasteiger partial charge in [-0.05, 0) is 51.3 Å². The molecule has 1 heterocycles. The van der Waals surface area contributed by atoms with Crippen molar-refractivity contribution in [3.8, 4) is 0 Å². The molecule has 2 rings (SSSR count). The molecule has 0 aliphatic carbocycles. The average Bonchev–Trinajstić information content (AvgIpc) is 2.47. The number of rotatable bonds is 4. The third-order valence-electron chi connectivity index (χ3n) is 4.40. The van der Waals surface area contributed by atoms with Crippen LogP contribution in [-0.2, 0) is 4.79 Å². The van der Waals surface area contributed by atoms with Crippen molar-refractivity contribution in [1.82, 2.24) is 10.2 Å². The molecule has 1 aliphatic rings. The van der Waals surface area contributed by atoms with Crippen LogP contribution in [-0.4, -0.2) is 30.9 Å². The number of aryl methyl sites for hydroxylation is 1. The molecule has 2 unspecified atom stereocenters. The molecule has 1 aromatic carbocycles. The number of benzene rings is 1. The monoisotopic (exact) mass is 274 g/mol. The van der Waals surface area contributed by atoms with E-state index in [1.807, 2.05) is 11.9 Å². The van der Waals surface area contributed by atoms with Crippen LogP contribution in [0.25, 0.3) is 0 Å². The van der Waals surface area contributed by atoms with Gasteiger partial charge in [-0.3, -0.25) is 4.79 Å². The van der Waals surface area contributed by atoms with Crippen LogP contribution in [0, 0.1) is 12.8 Å². The van der Waals surface area contributed by atoms with Gasteiger partial charge in [-0.25, -0.2) is 0 Å². The van der Waals surface area contributed by atoms with Crippen LogP contribution in [0.15, 0.2) is 24.3 Å². The van der Waals surface area contributed by atoms with Crippen LogP contribution in [0.3, 0.4) is 0 Å². The van der Waals surface area contributed by atoms with Gasteiger partial charge in [0.15, 0.2) is 0 Å². The summed E-state index contributed by atoms with van der Waals surface area (Å²) in [5, 5.41) is 3.38. The zero-order chi connectivity index (χ0) is 14.5. The van der Waals surface area contributed by atoms with Crippen LogP contribution in [0.1, 0.15) is 43.4 Å². The third kappa shape index (κ3) is 3.83. The lowest BCUT2D eigenvalue weighted by Gasteiger charge is -2.29. The second kappa shape index (κ2) is 6.89. The molecule has 1 saturated heterocycles. The lowest BCUT2D eigenvalue weighted by atomic mass is 9.95. The zero-order valence-corrected chi connectivity index (χ0v) is 12.9. The maximum Gasteiger partial charge on any atom is 0.223 e. The summed E-state index contributed by atoms with van der Waals surface area (Å²) < 4.78 is 0. The van der Waals surface area contributed by atoms with Crippen LogP contribution in [0.4, 0.5) is 0 Å². The Kier molecular flexibility index (Phi) is 5.18. The standard InChI is InChI=1S/C17H26N2O/c1-13-6-8-16(9-7-13)14(2)19(3)17(20)11-15-5-4-10-18-12-15/h6-9,14-15,18H,4-5,10-12H2,1-3H3. The van der Waals surface area contributed by atoms with E-state index in [1.165, 1.54) is 24.0 Å². The number of hydrogen-bond donors (Lipinski definition) is 1. The molecular formula is C17H26N2O. The molecule has 110 valence electrons. The van der Waals surface area contributed by atoms with Crippen molar-refractivity contribution in [3.63, 3.8) is 0 Å². The summed E-state index contributed by atoms with van der Waals surface area (Å²) in [6.45, 7) is 6.26. The molecule has 1 fully saturated rings. The van der Waals surface area contributed by atoms with E-state index >= 15 is 0 Å². The number of carbonyl (C=O) groups excluding carboxylic acids is 1. The van der Waals surface area contributed by atoms with E-state index < -0.39 is 0 Å². The number of piperidine rings is 1. The topological polar surface area (TPSA) is 32.3 Å². The number of hydrogen-bond acceptors (Lipinski definition) is 2. The van der Waals surface area contributed by atoms with Gasteiger partial charge in [0.05, 0.1) is 6.04 Å². The fourth-order valence-corrected chi connectivity index (χ4v) is 2.77. The quantitative estimate of drug-likeness (QED) is 0.915. The minimum Gasteiger partial charge on any atom is -0.339 e. The Morgan fingerprint density at radius 1 is 1.40 bits per heavy atom. The van der Waals surface area contributed by atoms with Crippen molar-refractivity contribution >= 4 is 5.91 Å². The maximum absolute atomic E-state index is 12.4. The minimum absolute atomic E-state index is 0.139. The molecule has 0 spiro atoms. The largest absolute Gasteiger partial charge is 0.339 e. The van der Waals surface area contributed by atoms with E-state index in [1.54, 1.807) is 0 Å². The summed E-state index contributed by atoms with van der Waals surface area (Å²) in [5.41, 5.74) is 2.46. The Balaban J connectivity index is 1.93. The van der Waals surface area contributed by atoms with E-state index in [9.17, 15) is 4.79 Å². The highest BCUT2D eigenvalue weighted by molar-refractivity contribution is 5.76. The highest BCUT2D eigenvalue weighted by atomic mass is 16.2. The number of amides is 1. The second-order valence-corrected chi connectivity index (χ2v) is 6.01. The summed E-state index contributed by atoms with van der Waals surface area (Å²) in [6, 6.07) is 8.59. The predicted octanol–water partition coefficient (Wildman–Crippen LogP) is 2.90. The highest BCUT2D eigenvalue weighted by Gasteiger charge is 2.22. The van der Waals surface area contributed by atoms with E-state index in [-0.39, 0.29) is 11.9 Å². The van der Waals surface area contributed by atoms with Crippen molar-refractivity contribution in [3.05, 3.63) is 35.4 Å². The van der Waals surface area contributed by atoms with Crippen molar-refractivity contribution in [1.29, 1.82) is 0 Å². The van der Waals surface area contributed by atoms with E-state index in [0.29, 0.717) is 12.3 Å². The van der Waals surface area contributed by atoms with E-state index in [0.717, 1.165) is 13.1 Å². The second-order valence-electron chi connectivity index (χ2n) is 6.01. The van der Waals surface area contributed by atoms with Gasteiger partial charge in [-0.15, -0.1) is 0 Å². The van der Waals surface area contributed by atoms with Gasteiger partial charge < -0.3 is 10.2 Å². The van der Waals surface area contributed by atoms with E-state index in [4.69, 9.17) is 0 Å². The van der Waals surface area contributed by atoms with Crippen molar-refractivity contribution < 1.29 is 4.79 Å². The Morgan fingerprint density at radius 2 is 2.10 bits per heavy atom. The Labute approximate surface area is 122 Å². The van der Waals surface area contributed by atoms with Crippen LogP contribution < -0.4 is 5.32 Å². The summed E-state index contributed by atoms with van der Waals surface area (Å²) in [6.07, 6.45) is 3.03. The molecule has 1 amide bonds. The van der Waals surface area contributed by atoms with Crippen LogP contribution in [0.5, 0.6) is 0 Å². The Morgan fingerprint density at radius 3 is 2.70 bits per heavy atom. The first-order valence-electron chi connectivity index (χ1n) is 7.61. The zero-order valence-electron chi connectivity index (χ0n) is 12.9. The predicted molar refractivity (Wildman–Crippen MR) is 82.6 cm³/mol. The number of nitrogens with zero attached hydrogens (tertiary/aromatic N) is 1. The SMILES string of the molecule is Cc1ccc(C(C)N(C)C(=O)CC2CCCNC2)cc1. The summed E-state index contributed by atoms with van der Waals surface area (Å²) in [4.78, 5) is 14.3. The Bertz CT molecular complexity index is 435. The van der Waals surface area contributed by atoms with Crippen LogP contribution >= 0.6 is 0 Å². The summed E-state index contributed by atoms with van der Waals surface area (Å²) in [5.74, 6) is 0.760. The molecule has 1 aliphatic heterocycles. The normalized spacial score (nSPS) is 20.4. The van der Waals surface area contributed by atoms with Gasteiger partial charge in [0.1, 0.15) is 0 Å². The maximum atomic E-state index is 12.4. The molecule has 3 nitrogen and oxygen atoms in total. The molecular weight excluding hydrogens is 248 g/mol. The van der Waals surface area contributed by atoms with E-state index in [2.05, 4.69) is 43.4 Å². The first-order valence-corrected chi connectivity index (χ1v) is 7.61. The van der Waals surface area contributed by atoms with Crippen LogP contribution in [0.2, 0.25) is 0 Å². The average molecular weight is 274 g/mol. The fourth-order valence-electron chi connectivity index (χ4n) is 2.77. The smallest absolute Gasteiger partial charge is 0.223 e. The molecule has 0 aromatic heterocycles. The van der Waals surface area contributed by atoms with Gasteiger partial charge in [0.2, 0.25) is 5.91 Å². The van der Waals surface area contributed by atoms with Gasteiger partial charge in [-0.2, -0.15) is 0 Å². The van der Waals surface area contributed by atoms with Gasteiger partial charge in [0.25, 0.3) is 0 Å². The van der Waals surface area contributed by atoms with Gasteiger partial charge >= 0.3 is 0 Å². The first kappa shape index (κ1) is 15.0. The van der Waals surface area contributed by atoms with Crippen molar-refractivity contribution in [2.45, 2.75) is 39.2 Å². The first-order chi connectivity index (χ1) is 9.58. The third-order valence-corrected chi connectivity index (χ3v) is 4.40. The van der Waals surface area contributed by atoms with Gasteiger partial charge in [-0.1, -0.05) is 29.8 Å². The molecule has 20 heavy (non-hydrogen) atoms. The Hall–Kier alpha value is -1.35. The highest BCUT2D eigenvalue weighted by Crippen LogP contribution is 2.22. The molecule has 2 atom stereocenters. The number of nitrogens with one attached hydrogen (secondary N) is 1. The van der Waals surface area contributed by atoms with Crippen molar-refractivity contribution in [2.75, 3.05) is 20.1 Å². The summed E-state index contributed by atoms with van der Waals surface area (Å²) in [7, 11) is 1.92. The van der Waals surface area contributed by atoms with Gasteiger partial charge in [0, 0.05) is 13.5 Å². The molecule has 0 radical (unpaired) electrons. The molecule has 1 aromatic rings. The fraction of sp³-hybridized carbons (Fsp3) is 0.588. The molecule has 1 N–H and O–H groups in total. The summed E-state index contributed by atoms with van der Waals surface area (Å²) >= 11 is 0. The lowest BCUT2D eigenvalue weighted by Crippen LogP contribution is -2.36. The number of carbonyl (C=O) groups is 1. The molecule has 0 bridgehead atoms. The minimum atomic E-state index is 0.139. The molecule has 0 saturated carbocycles. The molecule has 3 heteroatoms. The lowest BCUT2D eigenvalue weighted by molar-refractivity contribution is -0.133.